The Morgan fingerprint density at radius 2 is 1.96 bits per heavy atom. The van der Waals surface area contributed by atoms with E-state index in [1.807, 2.05) is 65.2 Å². The van der Waals surface area contributed by atoms with Gasteiger partial charge >= 0.3 is 0 Å². The molecule has 0 saturated heterocycles. The number of likely N-dealkylation sites (N-methyl/N-ethyl adjacent to an activating group) is 1. The van der Waals surface area contributed by atoms with Gasteiger partial charge in [-0.3, -0.25) is 14.3 Å². The lowest BCUT2D eigenvalue weighted by Crippen LogP contribution is -2.33. The first kappa shape index (κ1) is 18.8. The van der Waals surface area contributed by atoms with Gasteiger partial charge in [-0.1, -0.05) is 12.1 Å². The van der Waals surface area contributed by atoms with Gasteiger partial charge in [0.1, 0.15) is 0 Å². The minimum Gasteiger partial charge on any atom is -0.354 e. The summed E-state index contributed by atoms with van der Waals surface area (Å²) in [5.41, 5.74) is 1.65. The molecule has 7 heteroatoms. The quantitative estimate of drug-likeness (QED) is 0.683. The van der Waals surface area contributed by atoms with E-state index in [1.54, 1.807) is 13.2 Å². The van der Waals surface area contributed by atoms with Crippen LogP contribution >= 0.6 is 11.3 Å². The minimum absolute atomic E-state index is 0.00781. The van der Waals surface area contributed by atoms with E-state index in [1.165, 1.54) is 11.3 Å². The van der Waals surface area contributed by atoms with Crippen molar-refractivity contribution in [2.45, 2.75) is 13.5 Å². The van der Waals surface area contributed by atoms with Crippen molar-refractivity contribution in [2.75, 3.05) is 20.1 Å². The Labute approximate surface area is 162 Å². The van der Waals surface area contributed by atoms with Crippen molar-refractivity contribution in [3.8, 4) is 10.4 Å². The number of nitrogens with zero attached hydrogens (tertiary/aromatic N) is 3. The molecule has 3 aromatic rings. The highest BCUT2D eigenvalue weighted by Gasteiger charge is 2.15. The minimum atomic E-state index is -0.0891. The second-order valence-corrected chi connectivity index (χ2v) is 7.06. The Morgan fingerprint density at radius 3 is 2.59 bits per heavy atom. The molecule has 2 aromatic heterocycles. The van der Waals surface area contributed by atoms with E-state index < -0.39 is 0 Å². The molecular weight excluding hydrogens is 360 g/mol. The van der Waals surface area contributed by atoms with E-state index in [2.05, 4.69) is 10.4 Å². The zero-order chi connectivity index (χ0) is 19.2. The van der Waals surface area contributed by atoms with Gasteiger partial charge in [-0.05, 0) is 42.8 Å². The van der Waals surface area contributed by atoms with Crippen LogP contribution in [0.1, 0.15) is 27.0 Å². The Kier molecular flexibility index (Phi) is 6.03. The van der Waals surface area contributed by atoms with Crippen LogP contribution < -0.4 is 5.32 Å². The van der Waals surface area contributed by atoms with Crippen LogP contribution in [0, 0.1) is 0 Å². The first-order chi connectivity index (χ1) is 13.1. The van der Waals surface area contributed by atoms with Crippen molar-refractivity contribution < 1.29 is 9.59 Å². The highest BCUT2D eigenvalue weighted by Crippen LogP contribution is 2.28. The van der Waals surface area contributed by atoms with Gasteiger partial charge in [0.2, 0.25) is 0 Å². The van der Waals surface area contributed by atoms with Crippen molar-refractivity contribution in [3.63, 3.8) is 0 Å². The van der Waals surface area contributed by atoms with Gasteiger partial charge in [-0.15, -0.1) is 11.3 Å². The molecule has 0 bridgehead atoms. The fraction of sp³-hybridized carbons (Fsp3) is 0.250. The largest absolute Gasteiger partial charge is 0.354 e. The average Bonchev–Trinajstić information content (AvgIpc) is 3.40. The third-order valence-corrected chi connectivity index (χ3v) is 5.43. The molecule has 0 radical (unpaired) electrons. The van der Waals surface area contributed by atoms with Crippen LogP contribution in [0.2, 0.25) is 0 Å². The summed E-state index contributed by atoms with van der Waals surface area (Å²) in [5.74, 6) is -0.0812. The van der Waals surface area contributed by atoms with Gasteiger partial charge in [-0.2, -0.15) is 5.10 Å². The maximum Gasteiger partial charge on any atom is 0.261 e. The van der Waals surface area contributed by atoms with Crippen LogP contribution in [0.4, 0.5) is 0 Å². The summed E-state index contributed by atoms with van der Waals surface area (Å²) in [6, 6.07) is 13.1. The second kappa shape index (κ2) is 8.64. The number of hydrogen-bond donors (Lipinski definition) is 1. The Bertz CT molecular complexity index is 900. The average molecular weight is 382 g/mol. The van der Waals surface area contributed by atoms with E-state index >= 15 is 0 Å². The van der Waals surface area contributed by atoms with Crippen LogP contribution in [0.5, 0.6) is 0 Å². The molecule has 0 spiro atoms. The van der Waals surface area contributed by atoms with Gasteiger partial charge in [0.15, 0.2) is 0 Å². The first-order valence-electron chi connectivity index (χ1n) is 8.81. The third-order valence-electron chi connectivity index (χ3n) is 4.30. The van der Waals surface area contributed by atoms with Crippen LogP contribution in [0.3, 0.4) is 0 Å². The predicted molar refractivity (Wildman–Crippen MR) is 107 cm³/mol. The van der Waals surface area contributed by atoms with Crippen molar-refractivity contribution in [1.29, 1.82) is 0 Å². The monoisotopic (exact) mass is 382 g/mol. The molecule has 0 fully saturated rings. The number of benzene rings is 1. The summed E-state index contributed by atoms with van der Waals surface area (Å²) in [6.45, 7) is 3.89. The Balaban J connectivity index is 1.68. The number of aromatic nitrogens is 2. The molecule has 140 valence electrons. The van der Waals surface area contributed by atoms with E-state index in [0.29, 0.717) is 30.1 Å². The topological polar surface area (TPSA) is 67.2 Å². The van der Waals surface area contributed by atoms with Gasteiger partial charge in [0.05, 0.1) is 11.4 Å². The number of thiophene rings is 1. The van der Waals surface area contributed by atoms with Crippen molar-refractivity contribution in [1.82, 2.24) is 20.0 Å². The van der Waals surface area contributed by atoms with Gasteiger partial charge < -0.3 is 10.2 Å². The number of amides is 2. The maximum atomic E-state index is 12.8. The fourth-order valence-corrected chi connectivity index (χ4v) is 3.71. The number of carbonyl (C=O) groups is 2. The molecule has 0 aliphatic carbocycles. The van der Waals surface area contributed by atoms with Gasteiger partial charge in [-0.25, -0.2) is 0 Å². The molecule has 2 amide bonds. The molecule has 0 saturated carbocycles. The molecule has 2 heterocycles. The lowest BCUT2D eigenvalue weighted by molar-refractivity contribution is 0.0757. The second-order valence-electron chi connectivity index (χ2n) is 5.97. The lowest BCUT2D eigenvalue weighted by Gasteiger charge is -2.21. The summed E-state index contributed by atoms with van der Waals surface area (Å²) < 4.78 is 1.82. The van der Waals surface area contributed by atoms with Crippen LogP contribution in [-0.4, -0.2) is 46.6 Å². The molecule has 0 aliphatic rings. The molecule has 0 unspecified atom stereocenters. The first-order valence-corrected chi connectivity index (χ1v) is 9.63. The summed E-state index contributed by atoms with van der Waals surface area (Å²) in [4.78, 5) is 27.9. The summed E-state index contributed by atoms with van der Waals surface area (Å²) in [5, 5.41) is 6.80. The summed E-state index contributed by atoms with van der Waals surface area (Å²) in [7, 11) is 1.62. The van der Waals surface area contributed by atoms with Crippen LogP contribution in [0.15, 0.2) is 54.9 Å². The van der Waals surface area contributed by atoms with E-state index in [4.69, 9.17) is 0 Å². The molecule has 0 aliphatic heterocycles. The summed E-state index contributed by atoms with van der Waals surface area (Å²) >= 11 is 1.43. The maximum absolute atomic E-state index is 12.8. The molecule has 3 rings (SSSR count). The highest BCUT2D eigenvalue weighted by atomic mass is 32.1. The Morgan fingerprint density at radius 1 is 1.19 bits per heavy atom. The fourth-order valence-electron chi connectivity index (χ4n) is 2.76. The number of carbonyl (C=O) groups excluding carboxylic acids is 2. The van der Waals surface area contributed by atoms with Crippen LogP contribution in [0.25, 0.3) is 10.4 Å². The molecule has 27 heavy (non-hydrogen) atoms. The standard InChI is InChI=1S/C20H22N4O2S/c1-3-23(13-14-24-12-4-11-22-24)20(26)16-7-5-15(6-8-16)17-9-10-18(27-17)19(25)21-2/h4-12H,3,13-14H2,1-2H3,(H,21,25). The SMILES string of the molecule is CCN(CCn1cccn1)C(=O)c1ccc(-c2ccc(C(=O)NC)s2)cc1. The van der Waals surface area contributed by atoms with Crippen molar-refractivity contribution >= 4 is 23.2 Å². The number of rotatable bonds is 7. The van der Waals surface area contributed by atoms with Crippen molar-refractivity contribution in [3.05, 3.63) is 65.3 Å². The van der Waals surface area contributed by atoms with Gasteiger partial charge in [0.25, 0.3) is 11.8 Å². The summed E-state index contributed by atoms with van der Waals surface area (Å²) in [6.07, 6.45) is 3.62. The molecule has 1 N–H and O–H groups in total. The predicted octanol–water partition coefficient (Wildman–Crippen LogP) is 3.13. The third kappa shape index (κ3) is 4.43. The normalized spacial score (nSPS) is 10.6. The zero-order valence-corrected chi connectivity index (χ0v) is 16.2. The van der Waals surface area contributed by atoms with E-state index in [0.717, 1.165) is 10.4 Å². The Hall–Kier alpha value is -2.93. The number of nitrogens with one attached hydrogen (secondary N) is 1. The number of hydrogen-bond acceptors (Lipinski definition) is 4. The smallest absolute Gasteiger partial charge is 0.261 e. The molecule has 6 nitrogen and oxygen atoms in total. The molecule has 0 atom stereocenters. The van der Waals surface area contributed by atoms with Gasteiger partial charge in [0, 0.05) is 43.0 Å². The zero-order valence-electron chi connectivity index (χ0n) is 15.4. The van der Waals surface area contributed by atoms with Crippen molar-refractivity contribution in [2.24, 2.45) is 0 Å². The lowest BCUT2D eigenvalue weighted by atomic mass is 10.1. The molecule has 1 aromatic carbocycles. The highest BCUT2D eigenvalue weighted by molar-refractivity contribution is 7.17. The molecular formula is C20H22N4O2S. The van der Waals surface area contributed by atoms with E-state index in [-0.39, 0.29) is 11.8 Å². The van der Waals surface area contributed by atoms with Crippen LogP contribution in [-0.2, 0) is 6.54 Å². The van der Waals surface area contributed by atoms with E-state index in [9.17, 15) is 9.59 Å².